The molecule has 0 fully saturated rings. The molecule has 19 heavy (non-hydrogen) atoms. The molecule has 3 nitrogen and oxygen atoms in total. The summed E-state index contributed by atoms with van der Waals surface area (Å²) in [6, 6.07) is 4.06. The van der Waals surface area contributed by atoms with Crippen LogP contribution in [0, 0.1) is 5.92 Å². The zero-order valence-corrected chi connectivity index (χ0v) is 10.5. The second-order valence-electron chi connectivity index (χ2n) is 4.40. The van der Waals surface area contributed by atoms with Crippen molar-refractivity contribution in [3.63, 3.8) is 0 Å². The Balaban J connectivity index is 2.59. The molecule has 1 unspecified atom stereocenters. The van der Waals surface area contributed by atoms with Crippen molar-refractivity contribution in [2.75, 3.05) is 13.2 Å². The summed E-state index contributed by atoms with van der Waals surface area (Å²) in [6.45, 7) is 2.28. The van der Waals surface area contributed by atoms with Crippen molar-refractivity contribution < 1.29 is 23.1 Å². The predicted octanol–water partition coefficient (Wildman–Crippen LogP) is 2.45. The number of hydrogen-bond donors (Lipinski definition) is 2. The summed E-state index contributed by atoms with van der Waals surface area (Å²) in [7, 11) is 0. The Morgan fingerprint density at radius 1 is 1.32 bits per heavy atom. The quantitative estimate of drug-likeness (QED) is 0.867. The Bertz CT molecular complexity index is 415. The molecule has 1 rings (SSSR count). The number of carbonyl (C=O) groups is 1. The smallest absolute Gasteiger partial charge is 0.396 e. The van der Waals surface area contributed by atoms with E-state index in [1.54, 1.807) is 0 Å². The predicted molar refractivity (Wildman–Crippen MR) is 64.6 cm³/mol. The van der Waals surface area contributed by atoms with Gasteiger partial charge in [0.05, 0.1) is 5.56 Å². The average Bonchev–Trinajstić information content (AvgIpc) is 2.35. The normalized spacial score (nSPS) is 13.1. The fourth-order valence-electron chi connectivity index (χ4n) is 1.50. The van der Waals surface area contributed by atoms with Crippen LogP contribution in [0.1, 0.15) is 29.3 Å². The summed E-state index contributed by atoms with van der Waals surface area (Å²) in [5, 5.41) is 11.3. The number of aliphatic hydroxyl groups excluding tert-OH is 1. The van der Waals surface area contributed by atoms with E-state index in [0.29, 0.717) is 13.0 Å². The Hall–Kier alpha value is -1.56. The minimum Gasteiger partial charge on any atom is -0.396 e. The highest BCUT2D eigenvalue weighted by Gasteiger charge is 2.30. The maximum atomic E-state index is 12.3. The molecule has 0 bridgehead atoms. The van der Waals surface area contributed by atoms with E-state index >= 15 is 0 Å². The summed E-state index contributed by atoms with van der Waals surface area (Å²) in [4.78, 5) is 11.7. The van der Waals surface area contributed by atoms with Crippen LogP contribution in [0.4, 0.5) is 13.2 Å². The van der Waals surface area contributed by atoms with Crippen molar-refractivity contribution in [1.82, 2.24) is 5.32 Å². The van der Waals surface area contributed by atoms with Crippen LogP contribution in [0.25, 0.3) is 0 Å². The van der Waals surface area contributed by atoms with Gasteiger partial charge >= 0.3 is 6.18 Å². The third kappa shape index (κ3) is 4.90. The molecule has 1 aromatic carbocycles. The van der Waals surface area contributed by atoms with Gasteiger partial charge in [0.25, 0.3) is 5.91 Å². The number of alkyl halides is 3. The lowest BCUT2D eigenvalue weighted by Gasteiger charge is -2.11. The highest BCUT2D eigenvalue weighted by atomic mass is 19.4. The Labute approximate surface area is 109 Å². The molecule has 1 atom stereocenters. The molecule has 2 N–H and O–H groups in total. The topological polar surface area (TPSA) is 49.3 Å². The summed E-state index contributed by atoms with van der Waals surface area (Å²) >= 11 is 0. The van der Waals surface area contributed by atoms with Crippen molar-refractivity contribution in [1.29, 1.82) is 0 Å². The standard InChI is InChI=1S/C13H16F3NO2/c1-9(6-7-18)8-17-12(19)10-2-4-11(5-3-10)13(14,15)16/h2-5,9,18H,6-8H2,1H3,(H,17,19). The molecule has 106 valence electrons. The summed E-state index contributed by atoms with van der Waals surface area (Å²) in [5.74, 6) is -0.304. The molecule has 0 radical (unpaired) electrons. The van der Waals surface area contributed by atoms with Crippen LogP contribution in [-0.2, 0) is 6.18 Å². The first kappa shape index (κ1) is 15.5. The number of benzene rings is 1. The van der Waals surface area contributed by atoms with Crippen molar-refractivity contribution in [2.24, 2.45) is 5.92 Å². The number of nitrogens with one attached hydrogen (secondary N) is 1. The van der Waals surface area contributed by atoms with Crippen molar-refractivity contribution >= 4 is 5.91 Å². The minimum atomic E-state index is -4.40. The number of halogens is 3. The second-order valence-corrected chi connectivity index (χ2v) is 4.40. The molecule has 0 saturated carbocycles. The van der Waals surface area contributed by atoms with Crippen LogP contribution in [0.5, 0.6) is 0 Å². The van der Waals surface area contributed by atoms with E-state index < -0.39 is 17.6 Å². The molecule has 0 aliphatic carbocycles. The molecule has 6 heteroatoms. The SMILES string of the molecule is CC(CCO)CNC(=O)c1ccc(C(F)(F)F)cc1. The van der Waals surface area contributed by atoms with Crippen LogP contribution in [-0.4, -0.2) is 24.2 Å². The van der Waals surface area contributed by atoms with Gasteiger partial charge in [-0.25, -0.2) is 0 Å². The van der Waals surface area contributed by atoms with E-state index in [4.69, 9.17) is 5.11 Å². The van der Waals surface area contributed by atoms with E-state index in [9.17, 15) is 18.0 Å². The zero-order chi connectivity index (χ0) is 14.5. The Morgan fingerprint density at radius 3 is 2.37 bits per heavy atom. The number of hydrogen-bond acceptors (Lipinski definition) is 2. The monoisotopic (exact) mass is 275 g/mol. The first-order chi connectivity index (χ1) is 8.84. The van der Waals surface area contributed by atoms with Gasteiger partial charge in [0.15, 0.2) is 0 Å². The number of carbonyl (C=O) groups excluding carboxylic acids is 1. The lowest BCUT2D eigenvalue weighted by Crippen LogP contribution is -2.28. The first-order valence-electron chi connectivity index (χ1n) is 5.91. The molecule has 0 saturated heterocycles. The molecular weight excluding hydrogens is 259 g/mol. The van der Waals surface area contributed by atoms with Crippen LogP contribution < -0.4 is 5.32 Å². The number of rotatable bonds is 5. The van der Waals surface area contributed by atoms with Crippen LogP contribution >= 0.6 is 0 Å². The third-order valence-corrected chi connectivity index (χ3v) is 2.71. The third-order valence-electron chi connectivity index (χ3n) is 2.71. The Kier molecular flexibility index (Phi) is 5.35. The maximum absolute atomic E-state index is 12.3. The fourth-order valence-corrected chi connectivity index (χ4v) is 1.50. The summed E-state index contributed by atoms with van der Waals surface area (Å²) in [6.07, 6.45) is -3.84. The van der Waals surface area contributed by atoms with Crippen molar-refractivity contribution in [3.05, 3.63) is 35.4 Å². The zero-order valence-electron chi connectivity index (χ0n) is 10.5. The van der Waals surface area contributed by atoms with E-state index in [1.807, 2.05) is 6.92 Å². The maximum Gasteiger partial charge on any atom is 0.416 e. The van der Waals surface area contributed by atoms with Crippen LogP contribution in [0.3, 0.4) is 0 Å². The van der Waals surface area contributed by atoms with Gasteiger partial charge in [-0.1, -0.05) is 6.92 Å². The lowest BCUT2D eigenvalue weighted by atomic mass is 10.1. The van der Waals surface area contributed by atoms with E-state index in [1.165, 1.54) is 0 Å². The van der Waals surface area contributed by atoms with E-state index in [-0.39, 0.29) is 18.1 Å². The highest BCUT2D eigenvalue weighted by Crippen LogP contribution is 2.29. The van der Waals surface area contributed by atoms with Gasteiger partial charge in [-0.15, -0.1) is 0 Å². The summed E-state index contributed by atoms with van der Waals surface area (Å²) in [5.41, 5.74) is -0.595. The molecule has 0 aliphatic heterocycles. The second kappa shape index (κ2) is 6.56. The van der Waals surface area contributed by atoms with Gasteiger partial charge in [-0.05, 0) is 36.6 Å². The van der Waals surface area contributed by atoms with Crippen LogP contribution in [0.2, 0.25) is 0 Å². The largest absolute Gasteiger partial charge is 0.416 e. The van der Waals surface area contributed by atoms with Gasteiger partial charge in [0.2, 0.25) is 0 Å². The molecule has 0 heterocycles. The lowest BCUT2D eigenvalue weighted by molar-refractivity contribution is -0.137. The molecule has 0 aliphatic rings. The van der Waals surface area contributed by atoms with Gasteiger partial charge in [-0.2, -0.15) is 13.2 Å². The first-order valence-corrected chi connectivity index (χ1v) is 5.91. The molecule has 0 spiro atoms. The minimum absolute atomic E-state index is 0.0390. The van der Waals surface area contributed by atoms with Crippen molar-refractivity contribution in [2.45, 2.75) is 19.5 Å². The van der Waals surface area contributed by atoms with Crippen molar-refractivity contribution in [3.8, 4) is 0 Å². The number of aliphatic hydroxyl groups is 1. The average molecular weight is 275 g/mol. The summed E-state index contributed by atoms with van der Waals surface area (Å²) < 4.78 is 37.0. The van der Waals surface area contributed by atoms with Gasteiger partial charge in [-0.3, -0.25) is 4.79 Å². The molecule has 1 aromatic rings. The molecule has 1 amide bonds. The van der Waals surface area contributed by atoms with Gasteiger partial charge in [0, 0.05) is 18.7 Å². The van der Waals surface area contributed by atoms with Gasteiger partial charge < -0.3 is 10.4 Å². The molecule has 0 aromatic heterocycles. The van der Waals surface area contributed by atoms with E-state index in [2.05, 4.69) is 5.32 Å². The van der Waals surface area contributed by atoms with Gasteiger partial charge in [0.1, 0.15) is 0 Å². The van der Waals surface area contributed by atoms with E-state index in [0.717, 1.165) is 24.3 Å². The van der Waals surface area contributed by atoms with Crippen LogP contribution in [0.15, 0.2) is 24.3 Å². The highest BCUT2D eigenvalue weighted by molar-refractivity contribution is 5.94. The fraction of sp³-hybridized carbons (Fsp3) is 0.462. The molecular formula is C13H16F3NO2. The number of amides is 1. The Morgan fingerprint density at radius 2 is 1.89 bits per heavy atom.